The molecular formula is C20H35F2N3O2. The summed E-state index contributed by atoms with van der Waals surface area (Å²) in [6, 6.07) is 0. The Balaban J connectivity index is 1.50. The zero-order valence-electron chi connectivity index (χ0n) is 17.0. The molecule has 5 nitrogen and oxygen atoms in total. The molecule has 3 rings (SSSR count). The average Bonchev–Trinajstić information content (AvgIpc) is 2.57. The van der Waals surface area contributed by atoms with E-state index in [4.69, 9.17) is 4.74 Å². The van der Waals surface area contributed by atoms with Crippen LogP contribution < -0.4 is 5.32 Å². The number of alkyl halides is 2. The zero-order chi connectivity index (χ0) is 19.7. The predicted octanol–water partition coefficient (Wildman–Crippen LogP) is 3.34. The summed E-state index contributed by atoms with van der Waals surface area (Å²) in [7, 11) is 0. The van der Waals surface area contributed by atoms with Gasteiger partial charge in [-0.3, -0.25) is 0 Å². The Morgan fingerprint density at radius 2 is 1.74 bits per heavy atom. The van der Waals surface area contributed by atoms with E-state index in [1.54, 1.807) is 20.8 Å². The minimum absolute atomic E-state index is 0.331. The molecule has 27 heavy (non-hydrogen) atoms. The van der Waals surface area contributed by atoms with Crippen molar-refractivity contribution in [3.8, 4) is 0 Å². The number of hydrogen-bond donors (Lipinski definition) is 1. The molecule has 0 radical (unpaired) electrons. The van der Waals surface area contributed by atoms with Gasteiger partial charge in [-0.25, -0.2) is 13.6 Å². The number of likely N-dealkylation sites (tertiary alicyclic amines) is 2. The minimum Gasteiger partial charge on any atom is -0.444 e. The zero-order valence-corrected chi connectivity index (χ0v) is 17.0. The van der Waals surface area contributed by atoms with E-state index in [1.165, 1.54) is 17.7 Å². The largest absolute Gasteiger partial charge is 0.444 e. The molecular weight excluding hydrogens is 352 g/mol. The summed E-state index contributed by atoms with van der Waals surface area (Å²) >= 11 is 0. The summed E-state index contributed by atoms with van der Waals surface area (Å²) in [5.41, 5.74) is -0.230. The van der Waals surface area contributed by atoms with Crippen LogP contribution in [0.15, 0.2) is 0 Å². The van der Waals surface area contributed by atoms with Crippen LogP contribution in [0.2, 0.25) is 0 Å². The van der Waals surface area contributed by atoms with E-state index in [1.807, 2.05) is 0 Å². The molecule has 1 amide bonds. The summed E-state index contributed by atoms with van der Waals surface area (Å²) in [4.78, 5) is 15.5. The SMILES string of the molecule is CC(C)(C)OC(=O)N1CCC(CN2CCC3(CCNCC3)CC2)C(F)(F)C1. The first-order valence-electron chi connectivity index (χ1n) is 10.4. The molecule has 0 aromatic carbocycles. The van der Waals surface area contributed by atoms with E-state index in [0.717, 1.165) is 39.0 Å². The van der Waals surface area contributed by atoms with Gasteiger partial charge in [0.1, 0.15) is 5.60 Å². The lowest BCUT2D eigenvalue weighted by Crippen LogP contribution is -2.55. The van der Waals surface area contributed by atoms with E-state index in [2.05, 4.69) is 10.2 Å². The monoisotopic (exact) mass is 387 g/mol. The standard InChI is InChI=1S/C20H35F2N3O2/c1-18(2,3)27-17(26)25-11-4-16(20(21,22)15-25)14-24-12-7-19(8-13-24)5-9-23-10-6-19/h16,23H,4-15H2,1-3H3. The van der Waals surface area contributed by atoms with Gasteiger partial charge < -0.3 is 19.9 Å². The van der Waals surface area contributed by atoms with Crippen LogP contribution in [-0.4, -0.2) is 73.2 Å². The second-order valence-corrected chi connectivity index (χ2v) is 9.70. The van der Waals surface area contributed by atoms with Gasteiger partial charge >= 0.3 is 6.09 Å². The quantitative estimate of drug-likeness (QED) is 0.789. The van der Waals surface area contributed by atoms with E-state index in [0.29, 0.717) is 24.9 Å². The molecule has 1 spiro atoms. The summed E-state index contributed by atoms with van der Waals surface area (Å²) in [6.45, 7) is 9.51. The molecule has 0 saturated carbocycles. The Morgan fingerprint density at radius 3 is 2.30 bits per heavy atom. The second-order valence-electron chi connectivity index (χ2n) is 9.70. The second kappa shape index (κ2) is 7.82. The molecule has 1 N–H and O–H groups in total. The third-order valence-corrected chi connectivity index (χ3v) is 6.46. The Bertz CT molecular complexity index is 520. The molecule has 156 valence electrons. The highest BCUT2D eigenvalue weighted by molar-refractivity contribution is 5.68. The van der Waals surface area contributed by atoms with E-state index in [-0.39, 0.29) is 0 Å². The number of nitrogens with zero attached hydrogens (tertiary/aromatic N) is 2. The third-order valence-electron chi connectivity index (χ3n) is 6.46. The molecule has 3 heterocycles. The van der Waals surface area contributed by atoms with Crippen molar-refractivity contribution in [2.45, 2.75) is 64.4 Å². The smallest absolute Gasteiger partial charge is 0.410 e. The van der Waals surface area contributed by atoms with Crippen molar-refractivity contribution < 1.29 is 18.3 Å². The van der Waals surface area contributed by atoms with E-state index in [9.17, 15) is 13.6 Å². The van der Waals surface area contributed by atoms with Gasteiger partial charge in [0, 0.05) is 19.0 Å². The van der Waals surface area contributed by atoms with Crippen LogP contribution in [0.5, 0.6) is 0 Å². The molecule has 1 unspecified atom stereocenters. The van der Waals surface area contributed by atoms with Crippen LogP contribution in [0.25, 0.3) is 0 Å². The molecule has 3 fully saturated rings. The molecule has 0 aliphatic carbocycles. The number of carbonyl (C=O) groups is 1. The molecule has 0 aromatic rings. The topological polar surface area (TPSA) is 44.8 Å². The van der Waals surface area contributed by atoms with Crippen LogP contribution >= 0.6 is 0 Å². The Kier molecular flexibility index (Phi) is 6.02. The fourth-order valence-electron chi connectivity index (χ4n) is 4.67. The Morgan fingerprint density at radius 1 is 1.11 bits per heavy atom. The van der Waals surface area contributed by atoms with Crippen LogP contribution in [0.4, 0.5) is 13.6 Å². The molecule has 7 heteroatoms. The van der Waals surface area contributed by atoms with Crippen molar-refractivity contribution in [1.29, 1.82) is 0 Å². The van der Waals surface area contributed by atoms with Crippen LogP contribution in [-0.2, 0) is 4.74 Å². The molecule has 3 aliphatic heterocycles. The maximum atomic E-state index is 14.7. The third kappa shape index (κ3) is 5.31. The number of halogens is 2. The van der Waals surface area contributed by atoms with Gasteiger partial charge in [0.25, 0.3) is 5.92 Å². The van der Waals surface area contributed by atoms with Crippen molar-refractivity contribution in [1.82, 2.24) is 15.1 Å². The summed E-state index contributed by atoms with van der Waals surface area (Å²) in [5, 5.41) is 3.42. The normalized spacial score (nSPS) is 28.9. The highest BCUT2D eigenvalue weighted by Gasteiger charge is 2.47. The number of carbonyl (C=O) groups excluding carboxylic acids is 1. The molecule has 0 aromatic heterocycles. The van der Waals surface area contributed by atoms with Gasteiger partial charge in [0.15, 0.2) is 0 Å². The lowest BCUT2D eigenvalue weighted by atomic mass is 9.71. The van der Waals surface area contributed by atoms with Crippen molar-refractivity contribution in [2.75, 3.05) is 45.8 Å². The van der Waals surface area contributed by atoms with Gasteiger partial charge in [-0.1, -0.05) is 0 Å². The van der Waals surface area contributed by atoms with Crippen LogP contribution in [0.1, 0.15) is 52.9 Å². The molecule has 1 atom stereocenters. The predicted molar refractivity (Wildman–Crippen MR) is 101 cm³/mol. The number of amides is 1. The van der Waals surface area contributed by atoms with E-state index >= 15 is 0 Å². The van der Waals surface area contributed by atoms with Crippen LogP contribution in [0, 0.1) is 11.3 Å². The van der Waals surface area contributed by atoms with Gasteiger partial charge in [0.05, 0.1) is 6.54 Å². The van der Waals surface area contributed by atoms with Gasteiger partial charge in [0.2, 0.25) is 0 Å². The van der Waals surface area contributed by atoms with Crippen molar-refractivity contribution >= 4 is 6.09 Å². The summed E-state index contributed by atoms with van der Waals surface area (Å²) < 4.78 is 34.7. The van der Waals surface area contributed by atoms with Crippen molar-refractivity contribution in [3.63, 3.8) is 0 Å². The number of rotatable bonds is 2. The van der Waals surface area contributed by atoms with Gasteiger partial charge in [-0.05, 0) is 84.5 Å². The first kappa shape index (κ1) is 20.8. The molecule has 3 saturated heterocycles. The minimum atomic E-state index is -2.86. The summed E-state index contributed by atoms with van der Waals surface area (Å²) in [5.74, 6) is -3.54. The first-order valence-corrected chi connectivity index (χ1v) is 10.4. The lowest BCUT2D eigenvalue weighted by molar-refractivity contribution is -0.119. The maximum Gasteiger partial charge on any atom is 0.410 e. The van der Waals surface area contributed by atoms with Crippen molar-refractivity contribution in [2.24, 2.45) is 11.3 Å². The van der Waals surface area contributed by atoms with Gasteiger partial charge in [-0.2, -0.15) is 0 Å². The Hall–Kier alpha value is -0.950. The lowest BCUT2D eigenvalue weighted by Gasteiger charge is -2.46. The van der Waals surface area contributed by atoms with E-state index < -0.39 is 30.1 Å². The molecule has 0 bridgehead atoms. The fourth-order valence-corrected chi connectivity index (χ4v) is 4.67. The van der Waals surface area contributed by atoms with Gasteiger partial charge in [-0.15, -0.1) is 0 Å². The number of nitrogens with one attached hydrogen (secondary N) is 1. The highest BCUT2D eigenvalue weighted by Crippen LogP contribution is 2.41. The fraction of sp³-hybridized carbons (Fsp3) is 0.950. The average molecular weight is 388 g/mol. The Labute approximate surface area is 161 Å². The number of ether oxygens (including phenoxy) is 1. The number of piperidine rings is 3. The maximum absolute atomic E-state index is 14.7. The number of hydrogen-bond acceptors (Lipinski definition) is 4. The summed E-state index contributed by atoms with van der Waals surface area (Å²) in [6.07, 6.45) is 4.37. The van der Waals surface area contributed by atoms with Crippen LogP contribution in [0.3, 0.4) is 0 Å². The first-order chi connectivity index (χ1) is 12.6. The molecule has 3 aliphatic rings. The highest BCUT2D eigenvalue weighted by atomic mass is 19.3. The van der Waals surface area contributed by atoms with Crippen molar-refractivity contribution in [3.05, 3.63) is 0 Å².